The van der Waals surface area contributed by atoms with Crippen LogP contribution in [-0.4, -0.2) is 19.2 Å². The van der Waals surface area contributed by atoms with Crippen molar-refractivity contribution in [2.24, 2.45) is 0 Å². The number of hydrogen-bond donors (Lipinski definition) is 1. The van der Waals surface area contributed by atoms with Crippen LogP contribution in [0.25, 0.3) is 0 Å². The van der Waals surface area contributed by atoms with E-state index in [0.29, 0.717) is 6.10 Å². The molecule has 1 saturated heterocycles. The average molecular weight is 195 g/mol. The monoisotopic (exact) mass is 195 g/mol. The molecule has 2 heterocycles. The van der Waals surface area contributed by atoms with E-state index in [1.807, 2.05) is 19.1 Å². The van der Waals surface area contributed by atoms with Crippen LogP contribution in [0.5, 0.6) is 0 Å². The Bertz CT molecular complexity index is 252. The highest BCUT2D eigenvalue weighted by Crippen LogP contribution is 2.21. The number of rotatable bonds is 3. The molecule has 0 bridgehead atoms. The molecule has 1 aromatic heterocycles. The van der Waals surface area contributed by atoms with Crippen LogP contribution < -0.4 is 5.32 Å². The summed E-state index contributed by atoms with van der Waals surface area (Å²) >= 11 is 0. The lowest BCUT2D eigenvalue weighted by molar-refractivity contribution is -0.0280. The number of furan rings is 1. The third-order valence-electron chi connectivity index (χ3n) is 2.63. The first-order valence-electron chi connectivity index (χ1n) is 5.26. The molecule has 0 aliphatic carbocycles. The molecule has 3 nitrogen and oxygen atoms in total. The molecule has 0 spiro atoms. The molecule has 0 aromatic carbocycles. The zero-order valence-corrected chi connectivity index (χ0v) is 8.53. The molecule has 14 heavy (non-hydrogen) atoms. The summed E-state index contributed by atoms with van der Waals surface area (Å²) in [4.78, 5) is 0. The summed E-state index contributed by atoms with van der Waals surface area (Å²) in [5, 5.41) is 3.32. The van der Waals surface area contributed by atoms with Crippen LogP contribution in [0.3, 0.4) is 0 Å². The van der Waals surface area contributed by atoms with Gasteiger partial charge in [-0.1, -0.05) is 0 Å². The van der Waals surface area contributed by atoms with Gasteiger partial charge in [-0.2, -0.15) is 0 Å². The van der Waals surface area contributed by atoms with Gasteiger partial charge in [0, 0.05) is 0 Å². The molecule has 2 rings (SSSR count). The van der Waals surface area contributed by atoms with Crippen molar-refractivity contribution in [2.45, 2.75) is 32.0 Å². The van der Waals surface area contributed by atoms with E-state index in [0.717, 1.165) is 31.7 Å². The summed E-state index contributed by atoms with van der Waals surface area (Å²) in [6.45, 7) is 4.17. The van der Waals surface area contributed by atoms with Crippen LogP contribution in [0.1, 0.15) is 31.6 Å². The number of ether oxygens (including phenoxy) is 1. The van der Waals surface area contributed by atoms with Crippen molar-refractivity contribution in [1.82, 2.24) is 5.32 Å². The highest BCUT2D eigenvalue weighted by molar-refractivity contribution is 5.01. The van der Waals surface area contributed by atoms with Gasteiger partial charge in [0.1, 0.15) is 11.9 Å². The molecule has 1 atom stereocenters. The topological polar surface area (TPSA) is 34.4 Å². The molecule has 1 aromatic rings. The first kappa shape index (κ1) is 9.74. The Morgan fingerprint density at radius 2 is 2.29 bits per heavy atom. The second kappa shape index (κ2) is 4.62. The standard InChI is InChI=1S/C11H17NO2/c1-9(11-3-2-8-13-11)14-10-4-6-12-7-5-10/h2-3,8-10,12H,4-7H2,1H3/t9-/m1/s1. The first-order valence-corrected chi connectivity index (χ1v) is 5.26. The maximum Gasteiger partial charge on any atom is 0.132 e. The Hall–Kier alpha value is -0.800. The zero-order chi connectivity index (χ0) is 9.80. The fraction of sp³-hybridized carbons (Fsp3) is 0.636. The molecule has 0 amide bonds. The number of hydrogen-bond acceptors (Lipinski definition) is 3. The summed E-state index contributed by atoms with van der Waals surface area (Å²) in [6.07, 6.45) is 4.36. The Labute approximate surface area is 84.4 Å². The van der Waals surface area contributed by atoms with Crippen molar-refractivity contribution in [3.63, 3.8) is 0 Å². The van der Waals surface area contributed by atoms with Crippen LogP contribution >= 0.6 is 0 Å². The van der Waals surface area contributed by atoms with Gasteiger partial charge in [0.05, 0.1) is 12.4 Å². The molecule has 0 unspecified atom stereocenters. The normalized spacial score (nSPS) is 20.9. The summed E-state index contributed by atoms with van der Waals surface area (Å²) in [5.74, 6) is 0.920. The van der Waals surface area contributed by atoms with Crippen molar-refractivity contribution >= 4 is 0 Å². The van der Waals surface area contributed by atoms with E-state index in [4.69, 9.17) is 9.15 Å². The third kappa shape index (κ3) is 2.36. The molecule has 1 aliphatic heterocycles. The number of piperidine rings is 1. The van der Waals surface area contributed by atoms with E-state index >= 15 is 0 Å². The Kier molecular flexibility index (Phi) is 3.22. The minimum Gasteiger partial charge on any atom is -0.467 e. The van der Waals surface area contributed by atoms with Crippen LogP contribution in [-0.2, 0) is 4.74 Å². The molecule has 1 fully saturated rings. The smallest absolute Gasteiger partial charge is 0.132 e. The van der Waals surface area contributed by atoms with E-state index in [2.05, 4.69) is 5.32 Å². The first-order chi connectivity index (χ1) is 6.86. The van der Waals surface area contributed by atoms with Crippen molar-refractivity contribution < 1.29 is 9.15 Å². The van der Waals surface area contributed by atoms with Gasteiger partial charge in [-0.15, -0.1) is 0 Å². The summed E-state index contributed by atoms with van der Waals surface area (Å²) < 4.78 is 11.2. The summed E-state index contributed by atoms with van der Waals surface area (Å²) in [7, 11) is 0. The van der Waals surface area contributed by atoms with Gasteiger partial charge in [-0.25, -0.2) is 0 Å². The highest BCUT2D eigenvalue weighted by atomic mass is 16.5. The molecule has 0 radical (unpaired) electrons. The minimum atomic E-state index is 0.0769. The second-order valence-electron chi connectivity index (χ2n) is 3.74. The maximum absolute atomic E-state index is 5.90. The van der Waals surface area contributed by atoms with Gasteiger partial charge in [0.15, 0.2) is 0 Å². The van der Waals surface area contributed by atoms with Crippen molar-refractivity contribution in [2.75, 3.05) is 13.1 Å². The molecular weight excluding hydrogens is 178 g/mol. The lowest BCUT2D eigenvalue weighted by Gasteiger charge is -2.25. The summed E-state index contributed by atoms with van der Waals surface area (Å²) in [6, 6.07) is 3.86. The summed E-state index contributed by atoms with van der Waals surface area (Å²) in [5.41, 5.74) is 0. The van der Waals surface area contributed by atoms with Crippen molar-refractivity contribution in [3.8, 4) is 0 Å². The second-order valence-corrected chi connectivity index (χ2v) is 3.74. The number of nitrogens with one attached hydrogen (secondary N) is 1. The van der Waals surface area contributed by atoms with E-state index in [1.54, 1.807) is 6.26 Å². The maximum atomic E-state index is 5.90. The van der Waals surface area contributed by atoms with Crippen LogP contribution in [0, 0.1) is 0 Å². The molecule has 0 saturated carbocycles. The van der Waals surface area contributed by atoms with E-state index in [-0.39, 0.29) is 6.10 Å². The van der Waals surface area contributed by atoms with E-state index < -0.39 is 0 Å². The lowest BCUT2D eigenvalue weighted by Crippen LogP contribution is -2.32. The Morgan fingerprint density at radius 3 is 2.93 bits per heavy atom. The van der Waals surface area contributed by atoms with Crippen LogP contribution in [0.15, 0.2) is 22.8 Å². The molecule has 1 N–H and O–H groups in total. The van der Waals surface area contributed by atoms with Crippen molar-refractivity contribution in [3.05, 3.63) is 24.2 Å². The van der Waals surface area contributed by atoms with Gasteiger partial charge in [-0.3, -0.25) is 0 Å². The molecule has 3 heteroatoms. The van der Waals surface area contributed by atoms with Gasteiger partial charge in [0.25, 0.3) is 0 Å². The van der Waals surface area contributed by atoms with Gasteiger partial charge < -0.3 is 14.5 Å². The lowest BCUT2D eigenvalue weighted by atomic mass is 10.1. The van der Waals surface area contributed by atoms with Gasteiger partial charge in [0.2, 0.25) is 0 Å². The Morgan fingerprint density at radius 1 is 1.50 bits per heavy atom. The predicted molar refractivity (Wildman–Crippen MR) is 54.1 cm³/mol. The fourth-order valence-corrected chi connectivity index (χ4v) is 1.81. The average Bonchev–Trinajstić information content (AvgIpc) is 2.72. The quantitative estimate of drug-likeness (QED) is 0.802. The van der Waals surface area contributed by atoms with Gasteiger partial charge in [-0.05, 0) is 45.0 Å². The van der Waals surface area contributed by atoms with E-state index in [1.165, 1.54) is 0 Å². The molecular formula is C11H17NO2. The molecule has 1 aliphatic rings. The SMILES string of the molecule is C[C@@H](OC1CCNCC1)c1ccco1. The Balaban J connectivity index is 1.84. The zero-order valence-electron chi connectivity index (χ0n) is 8.53. The van der Waals surface area contributed by atoms with E-state index in [9.17, 15) is 0 Å². The van der Waals surface area contributed by atoms with Crippen molar-refractivity contribution in [1.29, 1.82) is 0 Å². The van der Waals surface area contributed by atoms with Crippen LogP contribution in [0.4, 0.5) is 0 Å². The molecule has 78 valence electrons. The largest absolute Gasteiger partial charge is 0.467 e. The minimum absolute atomic E-state index is 0.0769. The predicted octanol–water partition coefficient (Wildman–Crippen LogP) is 2.11. The third-order valence-corrected chi connectivity index (χ3v) is 2.63. The fourth-order valence-electron chi connectivity index (χ4n) is 1.81. The van der Waals surface area contributed by atoms with Crippen LogP contribution in [0.2, 0.25) is 0 Å². The highest BCUT2D eigenvalue weighted by Gasteiger charge is 2.18. The van der Waals surface area contributed by atoms with Gasteiger partial charge >= 0.3 is 0 Å².